The third-order valence-electron chi connectivity index (χ3n) is 1.90. The fraction of sp³-hybridized carbons (Fsp3) is 0.429. The zero-order valence-corrected chi connectivity index (χ0v) is 10.6. The van der Waals surface area contributed by atoms with Crippen molar-refractivity contribution in [1.29, 1.82) is 0 Å². The van der Waals surface area contributed by atoms with Gasteiger partial charge in [0.1, 0.15) is 0 Å². The number of aliphatic hydroxyl groups is 1. The molecule has 0 spiro atoms. The molecule has 0 fully saturated rings. The first kappa shape index (κ1) is 16.3. The molecule has 0 aliphatic carbocycles. The van der Waals surface area contributed by atoms with E-state index in [1.807, 2.05) is 6.92 Å². The van der Waals surface area contributed by atoms with Gasteiger partial charge in [-0.1, -0.05) is 37.0 Å². The summed E-state index contributed by atoms with van der Waals surface area (Å²) < 4.78 is 9.13. The Morgan fingerprint density at radius 3 is 3.00 bits per heavy atom. The number of hydrogen-bond donors (Lipinski definition) is 1. The van der Waals surface area contributed by atoms with Crippen LogP contribution in [-0.2, 0) is 14.0 Å². The summed E-state index contributed by atoms with van der Waals surface area (Å²) in [4.78, 5) is 10.6. The van der Waals surface area contributed by atoms with Crippen LogP contribution in [0.25, 0.3) is 0 Å². The van der Waals surface area contributed by atoms with E-state index in [1.54, 1.807) is 24.3 Å². The van der Waals surface area contributed by atoms with E-state index in [4.69, 9.17) is 4.74 Å². The Bertz CT molecular complexity index is 358. The molecule has 0 bridgehead atoms. The number of carbonyl (C=O) groups excluding carboxylic acids is 2. The molecule has 0 aromatic rings. The number of allylic oxidation sites excluding steroid dienone is 3. The maximum Gasteiger partial charge on any atom is 0.605 e. The van der Waals surface area contributed by atoms with Gasteiger partial charge in [0.25, 0.3) is 0 Å². The van der Waals surface area contributed by atoms with Gasteiger partial charge < -0.3 is 9.84 Å². The van der Waals surface area contributed by atoms with Gasteiger partial charge in [-0.05, 0) is 12.5 Å². The van der Waals surface area contributed by atoms with Gasteiger partial charge in [-0.2, -0.15) is 0 Å². The van der Waals surface area contributed by atoms with Crippen LogP contribution in [0.3, 0.4) is 0 Å². The molecule has 0 aliphatic rings. The number of carbonyl (C=O) groups is 1. The number of hydrogen-bond acceptors (Lipinski definition) is 3. The van der Waals surface area contributed by atoms with Gasteiger partial charge >= 0.3 is 5.97 Å². The maximum atomic E-state index is 10.6. The summed E-state index contributed by atoms with van der Waals surface area (Å²) in [7, 11) is 0. The Labute approximate surface area is 108 Å². The second-order valence-corrected chi connectivity index (χ2v) is 3.36. The first-order chi connectivity index (χ1) is 8.70. The van der Waals surface area contributed by atoms with E-state index in [0.29, 0.717) is 19.4 Å². The summed E-state index contributed by atoms with van der Waals surface area (Å²) in [6.45, 7) is 5.15. The van der Waals surface area contributed by atoms with Gasteiger partial charge in [0.2, 0.25) is 6.61 Å². The third-order valence-corrected chi connectivity index (χ3v) is 1.90. The molecule has 0 radical (unpaired) electrons. The van der Waals surface area contributed by atoms with E-state index in [1.165, 1.54) is 0 Å². The molecule has 0 rings (SSSR count). The van der Waals surface area contributed by atoms with Crippen LogP contribution in [0.5, 0.6) is 0 Å². The van der Waals surface area contributed by atoms with E-state index in [2.05, 4.69) is 23.1 Å². The average molecular weight is 251 g/mol. The minimum atomic E-state index is -0.498. The summed E-state index contributed by atoms with van der Waals surface area (Å²) in [5.41, 5.74) is 0. The zero-order valence-electron chi connectivity index (χ0n) is 10.6. The average Bonchev–Trinajstić information content (AvgIpc) is 2.40. The van der Waals surface area contributed by atoms with Gasteiger partial charge in [-0.15, -0.1) is 0 Å². The Morgan fingerprint density at radius 1 is 1.56 bits per heavy atom. The quantitative estimate of drug-likeness (QED) is 0.320. The monoisotopic (exact) mass is 251 g/mol. The molecule has 4 heteroatoms. The van der Waals surface area contributed by atoms with Crippen molar-refractivity contribution in [2.24, 2.45) is 0 Å². The molecule has 1 N–H and O–H groups in total. The SMILES string of the molecule is C=[O+]C(=O)COCCC#C/C=C/C=C/C(O)CC. The molecule has 0 heterocycles. The summed E-state index contributed by atoms with van der Waals surface area (Å²) in [5, 5.41) is 9.21. The lowest BCUT2D eigenvalue weighted by Crippen LogP contribution is -2.08. The molecule has 0 aromatic carbocycles. The van der Waals surface area contributed by atoms with Crippen LogP contribution in [0.4, 0.5) is 0 Å². The predicted octanol–water partition coefficient (Wildman–Crippen LogP) is 1.17. The largest absolute Gasteiger partial charge is 0.605 e. The second-order valence-electron chi connectivity index (χ2n) is 3.36. The minimum Gasteiger partial charge on any atom is -0.389 e. The summed E-state index contributed by atoms with van der Waals surface area (Å²) >= 11 is 0. The molecule has 4 nitrogen and oxygen atoms in total. The highest BCUT2D eigenvalue weighted by molar-refractivity contribution is 5.67. The Kier molecular flexibility index (Phi) is 10.7. The van der Waals surface area contributed by atoms with E-state index < -0.39 is 12.1 Å². The molecule has 1 unspecified atom stereocenters. The Balaban J connectivity index is 3.60. The van der Waals surface area contributed by atoms with Crippen LogP contribution in [0.15, 0.2) is 24.3 Å². The smallest absolute Gasteiger partial charge is 0.389 e. The minimum absolute atomic E-state index is 0.0985. The molecule has 0 amide bonds. The van der Waals surface area contributed by atoms with Crippen LogP contribution in [0.2, 0.25) is 0 Å². The Hall–Kier alpha value is -1.70. The van der Waals surface area contributed by atoms with Crippen molar-refractivity contribution in [2.75, 3.05) is 13.2 Å². The fourth-order valence-corrected chi connectivity index (χ4v) is 0.884. The highest BCUT2D eigenvalue weighted by Crippen LogP contribution is 1.91. The van der Waals surface area contributed by atoms with Crippen molar-refractivity contribution < 1.29 is 19.1 Å². The molecule has 0 saturated heterocycles. The number of ether oxygens (including phenoxy) is 1. The highest BCUT2D eigenvalue weighted by Gasteiger charge is 2.09. The lowest BCUT2D eigenvalue weighted by atomic mass is 10.2. The summed E-state index contributed by atoms with van der Waals surface area (Å²) in [6.07, 6.45) is 7.73. The van der Waals surface area contributed by atoms with Crippen molar-refractivity contribution in [3.63, 3.8) is 0 Å². The van der Waals surface area contributed by atoms with E-state index >= 15 is 0 Å². The van der Waals surface area contributed by atoms with E-state index in [-0.39, 0.29) is 6.61 Å². The molecule has 1 atom stereocenters. The van der Waals surface area contributed by atoms with Crippen molar-refractivity contribution in [1.82, 2.24) is 0 Å². The molecular formula is C14H19O4+. The van der Waals surface area contributed by atoms with Gasteiger partial charge in [-0.3, -0.25) is 4.42 Å². The second kappa shape index (κ2) is 11.8. The lowest BCUT2D eigenvalue weighted by Gasteiger charge is -1.95. The highest BCUT2D eigenvalue weighted by atomic mass is 16.5. The van der Waals surface area contributed by atoms with Crippen LogP contribution in [0, 0.1) is 11.8 Å². The van der Waals surface area contributed by atoms with Crippen molar-refractivity contribution in [3.8, 4) is 11.8 Å². The lowest BCUT2D eigenvalue weighted by molar-refractivity contribution is -0.371. The standard InChI is InChI=1S/C14H19O4/c1-3-13(15)10-8-6-4-5-7-9-11-18-12-14(16)17-2/h4,6,8,10,13,15H,2-3,9,11-12H2,1H3/q+1/b6-4+,10-8+. The predicted molar refractivity (Wildman–Crippen MR) is 69.9 cm³/mol. The molecule has 0 aliphatic heterocycles. The van der Waals surface area contributed by atoms with Crippen LogP contribution in [0.1, 0.15) is 19.8 Å². The third kappa shape index (κ3) is 10.8. The maximum absolute atomic E-state index is 10.6. The fourth-order valence-electron chi connectivity index (χ4n) is 0.884. The topological polar surface area (TPSA) is 57.8 Å². The van der Waals surface area contributed by atoms with Gasteiger partial charge in [0, 0.05) is 6.42 Å². The number of aliphatic hydroxyl groups excluding tert-OH is 1. The van der Waals surface area contributed by atoms with Crippen molar-refractivity contribution in [2.45, 2.75) is 25.9 Å². The van der Waals surface area contributed by atoms with Crippen LogP contribution in [-0.4, -0.2) is 37.2 Å². The summed E-state index contributed by atoms with van der Waals surface area (Å²) in [5.74, 6) is 5.16. The molecule has 98 valence electrons. The molecule has 0 saturated carbocycles. The van der Waals surface area contributed by atoms with Crippen LogP contribution < -0.4 is 0 Å². The normalized spacial score (nSPS) is 12.3. The van der Waals surface area contributed by atoms with E-state index in [9.17, 15) is 9.90 Å². The first-order valence-electron chi connectivity index (χ1n) is 5.73. The first-order valence-corrected chi connectivity index (χ1v) is 5.73. The van der Waals surface area contributed by atoms with Gasteiger partial charge in [-0.25, -0.2) is 0 Å². The Morgan fingerprint density at radius 2 is 2.33 bits per heavy atom. The molecular weight excluding hydrogens is 232 g/mol. The van der Waals surface area contributed by atoms with Crippen molar-refractivity contribution in [3.05, 3.63) is 24.3 Å². The van der Waals surface area contributed by atoms with E-state index in [0.717, 1.165) is 0 Å². The number of rotatable bonds is 7. The van der Waals surface area contributed by atoms with Gasteiger partial charge in [0.05, 0.1) is 17.5 Å². The molecule has 18 heavy (non-hydrogen) atoms. The van der Waals surface area contributed by atoms with Crippen molar-refractivity contribution >= 4 is 12.8 Å². The van der Waals surface area contributed by atoms with Crippen LogP contribution >= 0.6 is 0 Å². The zero-order chi connectivity index (χ0) is 13.6. The molecule has 0 aromatic heterocycles. The van der Waals surface area contributed by atoms with Gasteiger partial charge in [0.15, 0.2) is 6.79 Å². The summed E-state index contributed by atoms with van der Waals surface area (Å²) in [6, 6.07) is 0.